The third-order valence-corrected chi connectivity index (χ3v) is 2.41. The van der Waals surface area contributed by atoms with Crippen molar-refractivity contribution in [2.75, 3.05) is 13.6 Å². The third-order valence-electron chi connectivity index (χ3n) is 2.41. The lowest BCUT2D eigenvalue weighted by Crippen LogP contribution is -2.11. The molecule has 2 rings (SSSR count). The monoisotopic (exact) mass is 135 g/mol. The Morgan fingerprint density at radius 1 is 1.40 bits per heavy atom. The van der Waals surface area contributed by atoms with Gasteiger partial charge in [-0.2, -0.15) is 0 Å². The Labute approximate surface area is 62.0 Å². The van der Waals surface area contributed by atoms with Crippen LogP contribution in [-0.4, -0.2) is 18.5 Å². The molecule has 1 aliphatic carbocycles. The zero-order valence-corrected chi connectivity index (χ0v) is 6.43. The summed E-state index contributed by atoms with van der Waals surface area (Å²) < 4.78 is 0. The third kappa shape index (κ3) is 0.772. The highest BCUT2D eigenvalue weighted by atomic mass is 15.1. The Morgan fingerprint density at radius 2 is 2.30 bits per heavy atom. The average Bonchev–Trinajstić information content (AvgIpc) is 2.34. The second-order valence-electron chi connectivity index (χ2n) is 3.10. The van der Waals surface area contributed by atoms with Crippen molar-refractivity contribution in [3.8, 4) is 0 Å². The number of allylic oxidation sites excluding steroid dienone is 2. The van der Waals surface area contributed by atoms with Crippen molar-refractivity contribution in [3.05, 3.63) is 23.4 Å². The van der Waals surface area contributed by atoms with Gasteiger partial charge in [0.15, 0.2) is 0 Å². The van der Waals surface area contributed by atoms with Gasteiger partial charge < -0.3 is 4.90 Å². The molecular weight excluding hydrogens is 122 g/mol. The van der Waals surface area contributed by atoms with Gasteiger partial charge >= 0.3 is 0 Å². The molecule has 0 bridgehead atoms. The van der Waals surface area contributed by atoms with Crippen molar-refractivity contribution >= 4 is 0 Å². The van der Waals surface area contributed by atoms with Gasteiger partial charge in [0.1, 0.15) is 0 Å². The van der Waals surface area contributed by atoms with Crippen LogP contribution in [0.3, 0.4) is 0 Å². The zero-order valence-electron chi connectivity index (χ0n) is 6.43. The molecule has 0 unspecified atom stereocenters. The summed E-state index contributed by atoms with van der Waals surface area (Å²) in [6, 6.07) is 0. The maximum absolute atomic E-state index is 2.35. The van der Waals surface area contributed by atoms with Gasteiger partial charge in [0, 0.05) is 19.3 Å². The van der Waals surface area contributed by atoms with Crippen molar-refractivity contribution in [1.82, 2.24) is 4.90 Å². The molecule has 0 atom stereocenters. The minimum atomic E-state index is 1.23. The normalized spacial score (nSPS) is 23.9. The first kappa shape index (κ1) is 6.02. The number of hydrogen-bond donors (Lipinski definition) is 0. The van der Waals surface area contributed by atoms with Crippen LogP contribution in [0.2, 0.25) is 0 Å². The molecule has 10 heavy (non-hydrogen) atoms. The number of rotatable bonds is 0. The largest absolute Gasteiger partial charge is 0.374 e. The lowest BCUT2D eigenvalue weighted by molar-refractivity contribution is 0.471. The standard InChI is InChI=1S/C9H13N/c1-10-7-6-8-4-2-3-5-9(8)10/h3,5H,2,4,6-7H2,1H3. The summed E-state index contributed by atoms with van der Waals surface area (Å²) in [5.41, 5.74) is 3.16. The van der Waals surface area contributed by atoms with Crippen LogP contribution in [0.4, 0.5) is 0 Å². The van der Waals surface area contributed by atoms with Gasteiger partial charge in [-0.15, -0.1) is 0 Å². The van der Waals surface area contributed by atoms with E-state index in [9.17, 15) is 0 Å². The molecule has 0 saturated heterocycles. The van der Waals surface area contributed by atoms with Crippen molar-refractivity contribution in [2.45, 2.75) is 19.3 Å². The fourth-order valence-corrected chi connectivity index (χ4v) is 1.77. The van der Waals surface area contributed by atoms with Gasteiger partial charge in [-0.1, -0.05) is 6.08 Å². The van der Waals surface area contributed by atoms with Crippen LogP contribution in [0, 0.1) is 0 Å². The number of hydrogen-bond acceptors (Lipinski definition) is 1. The molecule has 1 aliphatic heterocycles. The molecular formula is C9H13N. The molecule has 0 spiro atoms. The van der Waals surface area contributed by atoms with E-state index in [1.54, 1.807) is 5.57 Å². The predicted octanol–water partition coefficient (Wildman–Crippen LogP) is 1.93. The maximum Gasteiger partial charge on any atom is 0.0353 e. The van der Waals surface area contributed by atoms with E-state index in [2.05, 4.69) is 24.1 Å². The Bertz CT molecular complexity index is 201. The van der Waals surface area contributed by atoms with E-state index in [0.29, 0.717) is 0 Å². The highest BCUT2D eigenvalue weighted by Gasteiger charge is 2.17. The van der Waals surface area contributed by atoms with Crippen LogP contribution in [0.1, 0.15) is 19.3 Å². The van der Waals surface area contributed by atoms with Crippen molar-refractivity contribution in [1.29, 1.82) is 0 Å². The van der Waals surface area contributed by atoms with Crippen LogP contribution in [0.5, 0.6) is 0 Å². The van der Waals surface area contributed by atoms with Crippen LogP contribution >= 0.6 is 0 Å². The summed E-state index contributed by atoms with van der Waals surface area (Å²) >= 11 is 0. The molecule has 0 radical (unpaired) electrons. The first-order chi connectivity index (χ1) is 4.88. The van der Waals surface area contributed by atoms with Gasteiger partial charge in [-0.25, -0.2) is 0 Å². The van der Waals surface area contributed by atoms with Crippen LogP contribution in [-0.2, 0) is 0 Å². The molecule has 0 aromatic heterocycles. The van der Waals surface area contributed by atoms with Gasteiger partial charge in [-0.3, -0.25) is 0 Å². The molecule has 1 heterocycles. The smallest absolute Gasteiger partial charge is 0.0353 e. The van der Waals surface area contributed by atoms with Crippen LogP contribution in [0.25, 0.3) is 0 Å². The van der Waals surface area contributed by atoms with E-state index in [4.69, 9.17) is 0 Å². The molecule has 0 aromatic rings. The molecule has 0 aromatic carbocycles. The van der Waals surface area contributed by atoms with Gasteiger partial charge in [-0.05, 0) is 30.9 Å². The summed E-state index contributed by atoms with van der Waals surface area (Å²) in [6.07, 6.45) is 8.41. The Kier molecular flexibility index (Phi) is 1.30. The molecule has 54 valence electrons. The zero-order chi connectivity index (χ0) is 6.97. The van der Waals surface area contributed by atoms with Crippen molar-refractivity contribution < 1.29 is 0 Å². The minimum Gasteiger partial charge on any atom is -0.374 e. The molecule has 0 fully saturated rings. The molecule has 0 N–H and O–H groups in total. The van der Waals surface area contributed by atoms with E-state index < -0.39 is 0 Å². The molecule has 1 heteroatoms. The van der Waals surface area contributed by atoms with Gasteiger partial charge in [0.2, 0.25) is 0 Å². The van der Waals surface area contributed by atoms with Crippen LogP contribution in [0.15, 0.2) is 23.4 Å². The summed E-state index contributed by atoms with van der Waals surface area (Å²) in [5.74, 6) is 0. The first-order valence-electron chi connectivity index (χ1n) is 3.97. The lowest BCUT2D eigenvalue weighted by atomic mass is 10.0. The Balaban J connectivity index is 2.30. The van der Waals surface area contributed by atoms with Crippen molar-refractivity contribution in [2.24, 2.45) is 0 Å². The summed E-state index contributed by atoms with van der Waals surface area (Å²) in [5, 5.41) is 0. The topological polar surface area (TPSA) is 3.24 Å². The Morgan fingerprint density at radius 3 is 3.10 bits per heavy atom. The highest BCUT2D eigenvalue weighted by Crippen LogP contribution is 2.29. The van der Waals surface area contributed by atoms with E-state index in [-0.39, 0.29) is 0 Å². The van der Waals surface area contributed by atoms with Gasteiger partial charge in [0.25, 0.3) is 0 Å². The van der Waals surface area contributed by atoms with E-state index in [1.807, 2.05) is 0 Å². The average molecular weight is 135 g/mol. The highest BCUT2D eigenvalue weighted by molar-refractivity contribution is 5.31. The first-order valence-corrected chi connectivity index (χ1v) is 3.97. The summed E-state index contributed by atoms with van der Waals surface area (Å²) in [6.45, 7) is 1.23. The second-order valence-corrected chi connectivity index (χ2v) is 3.10. The summed E-state index contributed by atoms with van der Waals surface area (Å²) in [7, 11) is 2.18. The Hall–Kier alpha value is -0.720. The maximum atomic E-state index is 2.35. The van der Waals surface area contributed by atoms with Crippen molar-refractivity contribution in [3.63, 3.8) is 0 Å². The van der Waals surface area contributed by atoms with Crippen LogP contribution < -0.4 is 0 Å². The molecule has 0 amide bonds. The van der Waals surface area contributed by atoms with Gasteiger partial charge in [0.05, 0.1) is 0 Å². The molecule has 0 saturated carbocycles. The molecule has 1 nitrogen and oxygen atoms in total. The fraction of sp³-hybridized carbons (Fsp3) is 0.556. The van der Waals surface area contributed by atoms with E-state index >= 15 is 0 Å². The lowest BCUT2D eigenvalue weighted by Gasteiger charge is -2.15. The molecule has 2 aliphatic rings. The SMILES string of the molecule is CN1CCC2=C1C=CCC2. The number of likely N-dealkylation sites (N-methyl/N-ethyl adjacent to an activating group) is 1. The number of nitrogens with zero attached hydrogens (tertiary/aromatic N) is 1. The van der Waals surface area contributed by atoms with E-state index in [1.165, 1.54) is 31.5 Å². The second kappa shape index (κ2) is 2.15. The van der Waals surface area contributed by atoms with E-state index in [0.717, 1.165) is 0 Å². The fourth-order valence-electron chi connectivity index (χ4n) is 1.77. The minimum absolute atomic E-state index is 1.23. The predicted molar refractivity (Wildman–Crippen MR) is 42.6 cm³/mol. The quantitative estimate of drug-likeness (QED) is 0.490. The summed E-state index contributed by atoms with van der Waals surface area (Å²) in [4.78, 5) is 2.35.